The highest BCUT2D eigenvalue weighted by Crippen LogP contribution is 2.31. The number of rotatable bonds is 7. The van der Waals surface area contributed by atoms with E-state index in [0.29, 0.717) is 11.4 Å². The van der Waals surface area contributed by atoms with Gasteiger partial charge in [-0.25, -0.2) is 13.1 Å². The van der Waals surface area contributed by atoms with Gasteiger partial charge in [0, 0.05) is 33.6 Å². The Bertz CT molecular complexity index is 1760. The molecule has 0 fully saturated rings. The molecule has 0 bridgehead atoms. The molecular weight excluding hydrogens is 516 g/mol. The second-order valence-electron chi connectivity index (χ2n) is 9.03. The Labute approximate surface area is 226 Å². The van der Waals surface area contributed by atoms with Crippen LogP contribution in [0.2, 0.25) is 5.02 Å². The number of hydrogen-bond acceptors (Lipinski definition) is 3. The minimum Gasteiger partial charge on any atom is -0.358 e. The summed E-state index contributed by atoms with van der Waals surface area (Å²) < 4.78 is 27.1. The molecule has 2 N–H and O–H groups in total. The van der Waals surface area contributed by atoms with Crippen LogP contribution in [-0.4, -0.2) is 19.3 Å². The third kappa shape index (κ3) is 5.72. The van der Waals surface area contributed by atoms with Crippen LogP contribution in [-0.2, 0) is 16.4 Å². The molecule has 1 amide bonds. The molecule has 5 nitrogen and oxygen atoms in total. The van der Waals surface area contributed by atoms with E-state index in [-0.39, 0.29) is 5.56 Å². The molecule has 0 saturated carbocycles. The second-order valence-corrected chi connectivity index (χ2v) is 11.0. The van der Waals surface area contributed by atoms with Gasteiger partial charge < -0.3 is 4.98 Å². The fourth-order valence-electron chi connectivity index (χ4n) is 4.40. The fourth-order valence-corrected chi connectivity index (χ4v) is 5.43. The summed E-state index contributed by atoms with van der Waals surface area (Å²) in [5.41, 5.74) is 6.87. The van der Waals surface area contributed by atoms with Crippen LogP contribution in [0, 0.1) is 6.92 Å². The van der Waals surface area contributed by atoms with Gasteiger partial charge in [0.2, 0.25) is 0 Å². The van der Waals surface area contributed by atoms with Crippen molar-refractivity contribution in [2.45, 2.75) is 13.3 Å². The molecule has 1 heterocycles. The molecule has 0 aliphatic heterocycles. The molecule has 38 heavy (non-hydrogen) atoms. The van der Waals surface area contributed by atoms with Crippen LogP contribution in [0.3, 0.4) is 0 Å². The highest BCUT2D eigenvalue weighted by Gasteiger charge is 2.17. The Kier molecular flexibility index (Phi) is 7.18. The molecule has 0 saturated heterocycles. The average Bonchev–Trinajstić information content (AvgIpc) is 3.23. The number of halogens is 1. The number of hydrogen-bond donors (Lipinski definition) is 2. The van der Waals surface area contributed by atoms with Crippen molar-refractivity contribution in [1.29, 1.82) is 0 Å². The Morgan fingerprint density at radius 1 is 0.895 bits per heavy atom. The largest absolute Gasteiger partial charge is 0.358 e. The molecule has 190 valence electrons. The Balaban J connectivity index is 1.39. The zero-order chi connectivity index (χ0) is 26.7. The molecule has 7 heteroatoms. The number of amides is 1. The minimum absolute atomic E-state index is 0.250. The van der Waals surface area contributed by atoms with Crippen LogP contribution in [0.25, 0.3) is 28.1 Å². The monoisotopic (exact) mass is 540 g/mol. The molecule has 4 aromatic carbocycles. The summed E-state index contributed by atoms with van der Waals surface area (Å²) in [6.45, 7) is 1.97. The van der Waals surface area contributed by atoms with E-state index in [1.165, 1.54) is 6.08 Å². The van der Waals surface area contributed by atoms with E-state index >= 15 is 0 Å². The first kappa shape index (κ1) is 25.5. The molecule has 0 unspecified atom stereocenters. The Morgan fingerprint density at radius 3 is 2.32 bits per heavy atom. The van der Waals surface area contributed by atoms with Crippen LogP contribution in [0.1, 0.15) is 32.7 Å². The molecule has 0 atom stereocenters. The maximum absolute atomic E-state index is 12.9. The number of aromatic nitrogens is 1. The maximum atomic E-state index is 12.9. The van der Waals surface area contributed by atoms with Crippen LogP contribution >= 0.6 is 11.6 Å². The third-order valence-electron chi connectivity index (χ3n) is 6.38. The van der Waals surface area contributed by atoms with Crippen LogP contribution in [0.5, 0.6) is 0 Å². The summed E-state index contributed by atoms with van der Waals surface area (Å²) in [7, 11) is -3.97. The predicted octanol–water partition coefficient (Wildman–Crippen LogP) is 7.12. The van der Waals surface area contributed by atoms with Crippen molar-refractivity contribution in [1.82, 2.24) is 9.71 Å². The number of nitrogens with one attached hydrogen (secondary N) is 2. The Morgan fingerprint density at radius 2 is 1.61 bits per heavy atom. The SMILES string of the molecule is Cc1[nH]c2ccc(C(=O)NS(=O)(=O)C=Cc3ccccc3)cc2c1Cc1ccc(-c2ccccc2)cc1Cl. The number of aromatic amines is 1. The predicted molar refractivity (Wildman–Crippen MR) is 155 cm³/mol. The second kappa shape index (κ2) is 10.7. The van der Waals surface area contributed by atoms with Gasteiger partial charge in [-0.3, -0.25) is 4.79 Å². The number of H-pyrrole nitrogens is 1. The van der Waals surface area contributed by atoms with Gasteiger partial charge >= 0.3 is 0 Å². The van der Waals surface area contributed by atoms with Gasteiger partial charge in [0.15, 0.2) is 0 Å². The number of sulfonamides is 1. The first-order chi connectivity index (χ1) is 18.3. The minimum atomic E-state index is -3.97. The van der Waals surface area contributed by atoms with Crippen LogP contribution in [0.4, 0.5) is 0 Å². The van der Waals surface area contributed by atoms with Gasteiger partial charge in [0.1, 0.15) is 0 Å². The van der Waals surface area contributed by atoms with Crippen molar-refractivity contribution in [2.75, 3.05) is 0 Å². The summed E-state index contributed by atoms with van der Waals surface area (Å²) in [5.74, 6) is -0.695. The van der Waals surface area contributed by atoms with Crippen molar-refractivity contribution >= 4 is 44.5 Å². The summed E-state index contributed by atoms with van der Waals surface area (Å²) in [4.78, 5) is 16.2. The third-order valence-corrected chi connectivity index (χ3v) is 7.70. The lowest BCUT2D eigenvalue weighted by Crippen LogP contribution is -2.28. The topological polar surface area (TPSA) is 79.0 Å². The molecule has 0 aliphatic rings. The lowest BCUT2D eigenvalue weighted by Gasteiger charge is -2.09. The lowest BCUT2D eigenvalue weighted by atomic mass is 9.98. The van der Waals surface area contributed by atoms with Crippen molar-refractivity contribution in [3.05, 3.63) is 135 Å². The highest BCUT2D eigenvalue weighted by atomic mass is 35.5. The van der Waals surface area contributed by atoms with Crippen molar-refractivity contribution in [2.24, 2.45) is 0 Å². The summed E-state index contributed by atoms with van der Waals surface area (Å²) >= 11 is 6.68. The molecule has 5 rings (SSSR count). The summed E-state index contributed by atoms with van der Waals surface area (Å²) in [6, 6.07) is 30.2. The van der Waals surface area contributed by atoms with Crippen LogP contribution < -0.4 is 4.72 Å². The summed E-state index contributed by atoms with van der Waals surface area (Å²) in [5, 5.41) is 2.49. The van der Waals surface area contributed by atoms with Gasteiger partial charge in [-0.2, -0.15) is 0 Å². The van der Waals surface area contributed by atoms with E-state index in [1.54, 1.807) is 42.5 Å². The van der Waals surface area contributed by atoms with E-state index in [9.17, 15) is 13.2 Å². The highest BCUT2D eigenvalue weighted by molar-refractivity contribution is 7.93. The van der Waals surface area contributed by atoms with E-state index in [2.05, 4.69) is 9.71 Å². The first-order valence-corrected chi connectivity index (χ1v) is 14.0. The molecule has 0 aliphatic carbocycles. The van der Waals surface area contributed by atoms with Crippen molar-refractivity contribution < 1.29 is 13.2 Å². The van der Waals surface area contributed by atoms with E-state index < -0.39 is 15.9 Å². The number of benzene rings is 4. The fraction of sp³-hybridized carbons (Fsp3) is 0.0645. The zero-order valence-corrected chi connectivity index (χ0v) is 22.2. The number of fused-ring (bicyclic) bond motifs is 1. The maximum Gasteiger partial charge on any atom is 0.265 e. The number of carbonyl (C=O) groups excluding carboxylic acids is 1. The van der Waals surface area contributed by atoms with Crippen molar-refractivity contribution in [3.8, 4) is 11.1 Å². The average molecular weight is 541 g/mol. The van der Waals surface area contributed by atoms with Gasteiger partial charge in [-0.05, 0) is 65.1 Å². The summed E-state index contributed by atoms with van der Waals surface area (Å²) in [6.07, 6.45) is 2.00. The smallest absolute Gasteiger partial charge is 0.265 e. The molecule has 0 spiro atoms. The van der Waals surface area contributed by atoms with E-state index in [1.807, 2.05) is 61.5 Å². The van der Waals surface area contributed by atoms with Crippen LogP contribution in [0.15, 0.2) is 102 Å². The first-order valence-electron chi connectivity index (χ1n) is 12.0. The van der Waals surface area contributed by atoms with Gasteiger partial charge in [-0.1, -0.05) is 84.4 Å². The van der Waals surface area contributed by atoms with Crippen molar-refractivity contribution in [3.63, 3.8) is 0 Å². The Hall–Kier alpha value is -4.13. The van der Waals surface area contributed by atoms with E-state index in [0.717, 1.165) is 49.8 Å². The standard InChI is InChI=1S/C31H25ClN2O3S/c1-21-27(18-25-13-12-24(20-29(25)32)23-10-6-3-7-11-23)28-19-26(14-15-30(28)33-21)31(35)34-38(36,37)17-16-22-8-4-2-5-9-22/h2-17,19-20,33H,18H2,1H3,(H,34,35). The quantitative estimate of drug-likeness (QED) is 0.231. The van der Waals surface area contributed by atoms with Gasteiger partial charge in [-0.15, -0.1) is 0 Å². The molecule has 1 aromatic heterocycles. The normalized spacial score (nSPS) is 11.7. The number of aryl methyl sites for hydroxylation is 1. The number of carbonyl (C=O) groups is 1. The van der Waals surface area contributed by atoms with E-state index in [4.69, 9.17) is 11.6 Å². The zero-order valence-electron chi connectivity index (χ0n) is 20.6. The molecule has 5 aromatic rings. The lowest BCUT2D eigenvalue weighted by molar-refractivity contribution is 0.0982. The molecular formula is C31H25ClN2O3S. The van der Waals surface area contributed by atoms with Gasteiger partial charge in [0.25, 0.3) is 15.9 Å². The van der Waals surface area contributed by atoms with Gasteiger partial charge in [0.05, 0.1) is 5.41 Å². The molecule has 0 radical (unpaired) electrons.